The van der Waals surface area contributed by atoms with Crippen LogP contribution in [0.5, 0.6) is 5.75 Å². The maximum Gasteiger partial charge on any atom is 0.265 e. The minimum absolute atomic E-state index is 0.0400. The summed E-state index contributed by atoms with van der Waals surface area (Å²) in [6.07, 6.45) is 6.32. The highest BCUT2D eigenvalue weighted by Gasteiger charge is 2.35. The van der Waals surface area contributed by atoms with E-state index in [2.05, 4.69) is 0 Å². The monoisotopic (exact) mass is 275 g/mol. The molecular weight excluding hydrogens is 254 g/mol. The Morgan fingerprint density at radius 1 is 1.20 bits per heavy atom. The molecule has 0 radical (unpaired) electrons. The summed E-state index contributed by atoms with van der Waals surface area (Å²) < 4.78 is 7.54. The highest BCUT2D eigenvalue weighted by Crippen LogP contribution is 2.35. The van der Waals surface area contributed by atoms with Crippen molar-refractivity contribution < 1.29 is 9.53 Å². The Bertz CT molecular complexity index is 596. The topological polar surface area (TPSA) is 48.3 Å². The number of pyridine rings is 1. The third-order valence-corrected chi connectivity index (χ3v) is 4.75. The van der Waals surface area contributed by atoms with E-state index in [9.17, 15) is 9.59 Å². The zero-order chi connectivity index (χ0) is 14.3. The van der Waals surface area contributed by atoms with Gasteiger partial charge in [-0.2, -0.15) is 0 Å². The number of fused-ring (bicyclic) bond motifs is 1. The third-order valence-electron chi connectivity index (χ3n) is 4.75. The van der Waals surface area contributed by atoms with E-state index in [1.165, 1.54) is 23.8 Å². The molecule has 1 unspecified atom stereocenters. The number of aryl methyl sites for hydroxylation is 1. The molecule has 3 rings (SSSR count). The van der Waals surface area contributed by atoms with Crippen LogP contribution in [0.4, 0.5) is 0 Å². The molecule has 108 valence electrons. The van der Waals surface area contributed by atoms with E-state index in [4.69, 9.17) is 4.74 Å². The SMILES string of the molecule is Cc1cc2c(c(=O)n1C)C(=O)CC(C1CCCCC1)O2. The third kappa shape index (κ3) is 2.17. The van der Waals surface area contributed by atoms with Crippen LogP contribution in [0.25, 0.3) is 0 Å². The van der Waals surface area contributed by atoms with E-state index in [0.29, 0.717) is 18.1 Å². The number of hydrogen-bond acceptors (Lipinski definition) is 3. The van der Waals surface area contributed by atoms with Crippen molar-refractivity contribution in [2.45, 2.75) is 51.6 Å². The van der Waals surface area contributed by atoms with Gasteiger partial charge in [-0.05, 0) is 25.7 Å². The Morgan fingerprint density at radius 2 is 1.90 bits per heavy atom. The second-order valence-corrected chi connectivity index (χ2v) is 6.07. The van der Waals surface area contributed by atoms with Crippen LogP contribution in [-0.4, -0.2) is 16.5 Å². The van der Waals surface area contributed by atoms with Crippen molar-refractivity contribution in [1.82, 2.24) is 4.57 Å². The zero-order valence-electron chi connectivity index (χ0n) is 12.1. The maximum atomic E-state index is 12.3. The summed E-state index contributed by atoms with van der Waals surface area (Å²) in [6, 6.07) is 1.82. The molecule has 1 aliphatic carbocycles. The van der Waals surface area contributed by atoms with E-state index in [-0.39, 0.29) is 23.0 Å². The quantitative estimate of drug-likeness (QED) is 0.791. The Morgan fingerprint density at radius 3 is 2.60 bits per heavy atom. The molecule has 20 heavy (non-hydrogen) atoms. The lowest BCUT2D eigenvalue weighted by Crippen LogP contribution is -2.39. The summed E-state index contributed by atoms with van der Waals surface area (Å²) in [7, 11) is 1.69. The van der Waals surface area contributed by atoms with Gasteiger partial charge in [0.25, 0.3) is 5.56 Å². The normalized spacial score (nSPS) is 23.3. The maximum absolute atomic E-state index is 12.3. The first kappa shape index (κ1) is 13.4. The van der Waals surface area contributed by atoms with Crippen molar-refractivity contribution in [3.05, 3.63) is 27.7 Å². The average molecular weight is 275 g/mol. The molecule has 0 saturated heterocycles. The molecule has 4 heteroatoms. The van der Waals surface area contributed by atoms with Gasteiger partial charge in [-0.15, -0.1) is 0 Å². The summed E-state index contributed by atoms with van der Waals surface area (Å²) in [6.45, 7) is 1.86. The average Bonchev–Trinajstić information content (AvgIpc) is 2.45. The van der Waals surface area contributed by atoms with Crippen LogP contribution in [0.1, 0.15) is 54.6 Å². The number of rotatable bonds is 1. The van der Waals surface area contributed by atoms with Crippen LogP contribution in [0.15, 0.2) is 10.9 Å². The van der Waals surface area contributed by atoms with E-state index < -0.39 is 0 Å². The Hall–Kier alpha value is -1.58. The molecule has 0 bridgehead atoms. The first-order chi connectivity index (χ1) is 9.58. The number of Topliss-reactive ketones (excluding diaryl/α,β-unsaturated/α-hetero) is 1. The van der Waals surface area contributed by atoms with Crippen LogP contribution in [0.3, 0.4) is 0 Å². The zero-order valence-corrected chi connectivity index (χ0v) is 12.1. The van der Waals surface area contributed by atoms with Gasteiger partial charge in [0, 0.05) is 25.2 Å². The van der Waals surface area contributed by atoms with Crippen molar-refractivity contribution in [1.29, 1.82) is 0 Å². The molecular formula is C16H21NO3. The molecule has 1 aliphatic heterocycles. The summed E-state index contributed by atoms with van der Waals surface area (Å²) in [4.78, 5) is 24.5. The number of hydrogen-bond donors (Lipinski definition) is 0. The van der Waals surface area contributed by atoms with Gasteiger partial charge in [-0.3, -0.25) is 9.59 Å². The second kappa shape index (κ2) is 5.08. The summed E-state index contributed by atoms with van der Waals surface area (Å²) in [5, 5.41) is 0. The number of carbonyl (C=O) groups is 1. The predicted molar refractivity (Wildman–Crippen MR) is 76.4 cm³/mol. The molecule has 1 aromatic heterocycles. The van der Waals surface area contributed by atoms with E-state index >= 15 is 0 Å². The van der Waals surface area contributed by atoms with Crippen LogP contribution < -0.4 is 10.3 Å². The highest BCUT2D eigenvalue weighted by atomic mass is 16.5. The molecule has 1 aromatic rings. The Kier molecular flexibility index (Phi) is 3.40. The molecule has 1 fully saturated rings. The fourth-order valence-corrected chi connectivity index (χ4v) is 3.40. The van der Waals surface area contributed by atoms with Crippen LogP contribution in [0.2, 0.25) is 0 Å². The van der Waals surface area contributed by atoms with Crippen LogP contribution in [0, 0.1) is 12.8 Å². The van der Waals surface area contributed by atoms with Gasteiger partial charge in [0.05, 0.1) is 0 Å². The molecule has 4 nitrogen and oxygen atoms in total. The number of ketones is 1. The number of carbonyl (C=O) groups excluding carboxylic acids is 1. The fraction of sp³-hybridized carbons (Fsp3) is 0.625. The largest absolute Gasteiger partial charge is 0.489 e. The molecule has 1 atom stereocenters. The first-order valence-electron chi connectivity index (χ1n) is 7.48. The van der Waals surface area contributed by atoms with Gasteiger partial charge in [0.15, 0.2) is 5.78 Å². The minimum atomic E-state index is -0.230. The summed E-state index contributed by atoms with van der Waals surface area (Å²) in [5.41, 5.74) is 0.836. The number of aromatic nitrogens is 1. The van der Waals surface area contributed by atoms with Gasteiger partial charge in [0.1, 0.15) is 17.4 Å². The second-order valence-electron chi connectivity index (χ2n) is 6.07. The summed E-state index contributed by atoms with van der Waals surface area (Å²) in [5.74, 6) is 0.907. The van der Waals surface area contributed by atoms with Crippen molar-refractivity contribution in [3.8, 4) is 5.75 Å². The smallest absolute Gasteiger partial charge is 0.265 e. The van der Waals surface area contributed by atoms with Crippen LogP contribution in [-0.2, 0) is 7.05 Å². The van der Waals surface area contributed by atoms with Crippen molar-refractivity contribution >= 4 is 5.78 Å². The van der Waals surface area contributed by atoms with Crippen molar-refractivity contribution in [2.75, 3.05) is 0 Å². The molecule has 0 amide bonds. The van der Waals surface area contributed by atoms with E-state index in [0.717, 1.165) is 18.5 Å². The lowest BCUT2D eigenvalue weighted by molar-refractivity contribution is 0.0650. The molecule has 0 spiro atoms. The predicted octanol–water partition coefficient (Wildman–Crippen LogP) is 2.61. The standard InChI is InChI=1S/C16H21NO3/c1-10-8-14-15(16(19)17(10)2)12(18)9-13(20-14)11-6-4-3-5-7-11/h8,11,13H,3-7,9H2,1-2H3. The molecule has 2 aliphatic rings. The molecule has 1 saturated carbocycles. The van der Waals surface area contributed by atoms with Gasteiger partial charge < -0.3 is 9.30 Å². The fourth-order valence-electron chi connectivity index (χ4n) is 3.40. The van der Waals surface area contributed by atoms with Gasteiger partial charge in [0.2, 0.25) is 0 Å². The number of ether oxygens (including phenoxy) is 1. The summed E-state index contributed by atoms with van der Waals surface area (Å²) >= 11 is 0. The van der Waals surface area contributed by atoms with E-state index in [1.807, 2.05) is 13.0 Å². The molecule has 2 heterocycles. The lowest BCUT2D eigenvalue weighted by atomic mass is 9.82. The lowest BCUT2D eigenvalue weighted by Gasteiger charge is -2.33. The Balaban J connectivity index is 1.95. The minimum Gasteiger partial charge on any atom is -0.489 e. The van der Waals surface area contributed by atoms with Crippen LogP contribution >= 0.6 is 0 Å². The highest BCUT2D eigenvalue weighted by molar-refractivity contribution is 5.99. The first-order valence-corrected chi connectivity index (χ1v) is 7.48. The van der Waals surface area contributed by atoms with Gasteiger partial charge in [-0.1, -0.05) is 19.3 Å². The van der Waals surface area contributed by atoms with E-state index in [1.54, 1.807) is 7.05 Å². The number of nitrogens with zero attached hydrogens (tertiary/aromatic N) is 1. The van der Waals surface area contributed by atoms with Gasteiger partial charge >= 0.3 is 0 Å². The van der Waals surface area contributed by atoms with Crippen molar-refractivity contribution in [2.24, 2.45) is 13.0 Å². The molecule has 0 aromatic carbocycles. The molecule has 0 N–H and O–H groups in total. The van der Waals surface area contributed by atoms with Gasteiger partial charge in [-0.25, -0.2) is 0 Å². The van der Waals surface area contributed by atoms with Crippen molar-refractivity contribution in [3.63, 3.8) is 0 Å². The Labute approximate surface area is 118 Å².